The van der Waals surface area contributed by atoms with Crippen molar-refractivity contribution in [3.05, 3.63) is 54.4 Å². The van der Waals surface area contributed by atoms with Crippen LogP contribution in [0.15, 0.2) is 48.5 Å². The van der Waals surface area contributed by atoms with Crippen LogP contribution in [-0.4, -0.2) is 34.5 Å². The van der Waals surface area contributed by atoms with Gasteiger partial charge in [0.05, 0.1) is 17.6 Å². The van der Waals surface area contributed by atoms with Gasteiger partial charge in [0.15, 0.2) is 6.61 Å². The topological polar surface area (TPSA) is 76.5 Å². The van der Waals surface area contributed by atoms with Gasteiger partial charge in [-0.1, -0.05) is 18.2 Å². The van der Waals surface area contributed by atoms with E-state index in [2.05, 4.69) is 21.8 Å². The molecule has 2 amide bonds. The van der Waals surface area contributed by atoms with Gasteiger partial charge in [-0.3, -0.25) is 9.59 Å². The van der Waals surface area contributed by atoms with Crippen LogP contribution >= 0.6 is 0 Å². The highest BCUT2D eigenvalue weighted by molar-refractivity contribution is 5.95. The number of para-hydroxylation sites is 2. The standard InChI is InChI=1S/C22H24N4O3/c1-2-25-19-10-4-3-9-18(19)24-20(25)14-23-21(27)15-29-17-8-5-7-16(13-17)26-12-6-11-22(26)28/h3-5,7-10,13H,2,6,11-12,14-15H2,1H3,(H,23,27). The van der Waals surface area contributed by atoms with Crippen molar-refractivity contribution in [3.63, 3.8) is 0 Å². The highest BCUT2D eigenvalue weighted by Crippen LogP contribution is 2.25. The molecule has 0 saturated carbocycles. The number of hydrogen-bond acceptors (Lipinski definition) is 4. The quantitative estimate of drug-likeness (QED) is 0.671. The zero-order valence-electron chi connectivity index (χ0n) is 16.4. The lowest BCUT2D eigenvalue weighted by Crippen LogP contribution is -2.29. The van der Waals surface area contributed by atoms with Crippen LogP contribution in [0.5, 0.6) is 5.75 Å². The molecule has 0 radical (unpaired) electrons. The predicted octanol–water partition coefficient (Wildman–Crippen LogP) is 2.88. The van der Waals surface area contributed by atoms with E-state index in [1.807, 2.05) is 36.4 Å². The first-order valence-electron chi connectivity index (χ1n) is 9.90. The Bertz CT molecular complexity index is 1040. The monoisotopic (exact) mass is 392 g/mol. The van der Waals surface area contributed by atoms with Crippen LogP contribution in [0.25, 0.3) is 11.0 Å². The van der Waals surface area contributed by atoms with Gasteiger partial charge in [0.25, 0.3) is 5.91 Å². The van der Waals surface area contributed by atoms with E-state index in [9.17, 15) is 9.59 Å². The zero-order chi connectivity index (χ0) is 20.2. The molecule has 150 valence electrons. The normalized spacial score (nSPS) is 13.8. The third-order valence-corrected chi connectivity index (χ3v) is 5.07. The summed E-state index contributed by atoms with van der Waals surface area (Å²) >= 11 is 0. The van der Waals surface area contributed by atoms with Crippen LogP contribution in [-0.2, 0) is 22.7 Å². The largest absolute Gasteiger partial charge is 0.484 e. The van der Waals surface area contributed by atoms with Crippen LogP contribution in [0.2, 0.25) is 0 Å². The average Bonchev–Trinajstić information content (AvgIpc) is 3.33. The minimum atomic E-state index is -0.220. The van der Waals surface area contributed by atoms with Crippen molar-refractivity contribution in [1.29, 1.82) is 0 Å². The summed E-state index contributed by atoms with van der Waals surface area (Å²) in [5, 5.41) is 2.87. The molecule has 3 aromatic rings. The maximum Gasteiger partial charge on any atom is 0.258 e. The van der Waals surface area contributed by atoms with Crippen molar-refractivity contribution in [2.45, 2.75) is 32.9 Å². The summed E-state index contributed by atoms with van der Waals surface area (Å²) in [5.41, 5.74) is 2.79. The fourth-order valence-corrected chi connectivity index (χ4v) is 3.65. The summed E-state index contributed by atoms with van der Waals surface area (Å²) in [4.78, 5) is 30.5. The van der Waals surface area contributed by atoms with Crippen molar-refractivity contribution < 1.29 is 14.3 Å². The first-order chi connectivity index (χ1) is 14.2. The maximum atomic E-state index is 12.3. The molecule has 1 aliphatic heterocycles. The van der Waals surface area contributed by atoms with Gasteiger partial charge in [0.1, 0.15) is 11.6 Å². The van der Waals surface area contributed by atoms with Crippen molar-refractivity contribution in [1.82, 2.24) is 14.9 Å². The number of ether oxygens (including phenoxy) is 1. The van der Waals surface area contributed by atoms with Gasteiger partial charge in [-0.05, 0) is 37.6 Å². The van der Waals surface area contributed by atoms with E-state index < -0.39 is 0 Å². The summed E-state index contributed by atoms with van der Waals surface area (Å²) < 4.78 is 7.72. The summed E-state index contributed by atoms with van der Waals surface area (Å²) in [6, 6.07) is 15.2. The molecule has 2 heterocycles. The smallest absolute Gasteiger partial charge is 0.258 e. The average molecular weight is 392 g/mol. The second-order valence-electron chi connectivity index (χ2n) is 6.97. The minimum absolute atomic E-state index is 0.0935. The molecule has 1 aliphatic rings. The number of hydrogen-bond donors (Lipinski definition) is 1. The maximum absolute atomic E-state index is 12.3. The first kappa shape index (κ1) is 19.0. The Morgan fingerprint density at radius 1 is 1.21 bits per heavy atom. The van der Waals surface area contributed by atoms with E-state index in [-0.39, 0.29) is 18.4 Å². The second kappa shape index (κ2) is 8.34. The van der Waals surface area contributed by atoms with Crippen LogP contribution in [0.4, 0.5) is 5.69 Å². The molecule has 1 fully saturated rings. The molecule has 4 rings (SSSR count). The van der Waals surface area contributed by atoms with Crippen LogP contribution < -0.4 is 15.0 Å². The lowest BCUT2D eigenvalue weighted by atomic mass is 10.3. The molecule has 7 heteroatoms. The number of amides is 2. The van der Waals surface area contributed by atoms with E-state index in [0.29, 0.717) is 18.7 Å². The van der Waals surface area contributed by atoms with Crippen LogP contribution in [0.3, 0.4) is 0 Å². The molecule has 0 unspecified atom stereocenters. The number of carbonyl (C=O) groups is 2. The Balaban J connectivity index is 1.35. The van der Waals surface area contributed by atoms with Gasteiger partial charge in [0.2, 0.25) is 5.91 Å². The molecule has 7 nitrogen and oxygen atoms in total. The summed E-state index contributed by atoms with van der Waals surface area (Å²) in [6.07, 6.45) is 1.45. The Labute approximate surface area is 169 Å². The number of aryl methyl sites for hydroxylation is 1. The molecule has 1 aromatic heterocycles. The molecule has 2 aromatic carbocycles. The third-order valence-electron chi connectivity index (χ3n) is 5.07. The van der Waals surface area contributed by atoms with Gasteiger partial charge in [0, 0.05) is 31.3 Å². The SMILES string of the molecule is CCn1c(CNC(=O)COc2cccc(N3CCCC3=O)c2)nc2ccccc21. The lowest BCUT2D eigenvalue weighted by molar-refractivity contribution is -0.123. The number of carbonyl (C=O) groups excluding carboxylic acids is 2. The fraction of sp³-hybridized carbons (Fsp3) is 0.318. The van der Waals surface area contributed by atoms with Gasteiger partial charge >= 0.3 is 0 Å². The molecule has 1 N–H and O–H groups in total. The molecular weight excluding hydrogens is 368 g/mol. The fourth-order valence-electron chi connectivity index (χ4n) is 3.65. The summed E-state index contributed by atoms with van der Waals surface area (Å²) in [7, 11) is 0. The Kier molecular flexibility index (Phi) is 5.46. The van der Waals surface area contributed by atoms with E-state index in [4.69, 9.17) is 4.74 Å². The minimum Gasteiger partial charge on any atom is -0.484 e. The number of fused-ring (bicyclic) bond motifs is 1. The molecule has 0 spiro atoms. The first-order valence-corrected chi connectivity index (χ1v) is 9.90. The molecule has 1 saturated heterocycles. The van der Waals surface area contributed by atoms with Crippen molar-refractivity contribution in [2.75, 3.05) is 18.1 Å². The number of aromatic nitrogens is 2. The number of anilines is 1. The number of nitrogens with zero attached hydrogens (tertiary/aromatic N) is 3. The molecule has 0 bridgehead atoms. The van der Waals surface area contributed by atoms with Crippen molar-refractivity contribution >= 4 is 28.5 Å². The third kappa shape index (κ3) is 4.08. The lowest BCUT2D eigenvalue weighted by Gasteiger charge is -2.16. The van der Waals surface area contributed by atoms with Crippen molar-refractivity contribution in [3.8, 4) is 5.75 Å². The van der Waals surface area contributed by atoms with E-state index >= 15 is 0 Å². The highest BCUT2D eigenvalue weighted by Gasteiger charge is 2.21. The van der Waals surface area contributed by atoms with Crippen molar-refractivity contribution in [2.24, 2.45) is 0 Å². The van der Waals surface area contributed by atoms with Gasteiger partial charge in [-0.2, -0.15) is 0 Å². The van der Waals surface area contributed by atoms with E-state index in [1.165, 1.54) is 0 Å². The number of nitrogens with one attached hydrogen (secondary N) is 1. The Hall–Kier alpha value is -3.35. The summed E-state index contributed by atoms with van der Waals surface area (Å²) in [6.45, 7) is 3.81. The number of imidazole rings is 1. The van der Waals surface area contributed by atoms with Gasteiger partial charge < -0.3 is 19.5 Å². The highest BCUT2D eigenvalue weighted by atomic mass is 16.5. The molecular formula is C22H24N4O3. The van der Waals surface area contributed by atoms with E-state index in [0.717, 1.165) is 42.1 Å². The second-order valence-corrected chi connectivity index (χ2v) is 6.97. The molecule has 0 atom stereocenters. The summed E-state index contributed by atoms with van der Waals surface area (Å²) in [5.74, 6) is 1.29. The number of benzene rings is 2. The molecule has 0 aliphatic carbocycles. The molecule has 29 heavy (non-hydrogen) atoms. The Morgan fingerprint density at radius 3 is 2.86 bits per heavy atom. The van der Waals surface area contributed by atoms with Crippen LogP contribution in [0.1, 0.15) is 25.6 Å². The van der Waals surface area contributed by atoms with E-state index in [1.54, 1.807) is 17.0 Å². The van der Waals surface area contributed by atoms with Gasteiger partial charge in [-0.15, -0.1) is 0 Å². The van der Waals surface area contributed by atoms with Crippen LogP contribution in [0, 0.1) is 0 Å². The zero-order valence-corrected chi connectivity index (χ0v) is 16.4. The number of rotatable bonds is 7. The Morgan fingerprint density at radius 2 is 2.07 bits per heavy atom. The van der Waals surface area contributed by atoms with Gasteiger partial charge in [-0.25, -0.2) is 4.98 Å². The predicted molar refractivity (Wildman–Crippen MR) is 111 cm³/mol.